The van der Waals surface area contributed by atoms with Crippen molar-refractivity contribution in [1.29, 1.82) is 0 Å². The van der Waals surface area contributed by atoms with Crippen LogP contribution in [-0.4, -0.2) is 25.4 Å². The number of hydrogen-bond acceptors (Lipinski definition) is 2. The molecule has 1 heterocycles. The van der Waals surface area contributed by atoms with Gasteiger partial charge in [-0.3, -0.25) is 0 Å². The van der Waals surface area contributed by atoms with Crippen LogP contribution in [0.15, 0.2) is 24.3 Å². The smallest absolute Gasteiger partial charge is 0.256 e. The Labute approximate surface area is 160 Å². The van der Waals surface area contributed by atoms with Gasteiger partial charge in [0.1, 0.15) is 0 Å². The second kappa shape index (κ2) is 6.81. The number of ether oxygens (including phenoxy) is 2. The minimum atomic E-state index is -2.62. The maximum atomic E-state index is 15.2. The minimum Gasteiger partial charge on any atom is -0.353 e. The van der Waals surface area contributed by atoms with E-state index in [1.165, 1.54) is 11.1 Å². The Balaban J connectivity index is 1.40. The zero-order chi connectivity index (χ0) is 18.5. The molecule has 27 heavy (non-hydrogen) atoms. The first-order chi connectivity index (χ1) is 13.1. The van der Waals surface area contributed by atoms with Gasteiger partial charge in [-0.15, -0.1) is 0 Å². The highest BCUT2D eigenvalue weighted by Gasteiger charge is 2.66. The first-order valence-electron chi connectivity index (χ1n) is 10.8. The van der Waals surface area contributed by atoms with Gasteiger partial charge >= 0.3 is 0 Å². The number of benzene rings is 1. The fraction of sp³-hybridized carbons (Fsp3) is 0.739. The minimum absolute atomic E-state index is 0.0252. The third kappa shape index (κ3) is 2.86. The van der Waals surface area contributed by atoms with E-state index in [1.807, 2.05) is 0 Å². The molecule has 1 aliphatic heterocycles. The van der Waals surface area contributed by atoms with Gasteiger partial charge < -0.3 is 9.47 Å². The van der Waals surface area contributed by atoms with Crippen molar-refractivity contribution in [2.45, 2.75) is 75.9 Å². The SMILES string of the molecule is FC1(F)CC[C@H]2[C@@H]3CCc4ccccc4[C@H]3CC[C@@]21COC1CCCCO1. The normalized spacial score (nSPS) is 40.1. The Hall–Kier alpha value is -1.00. The van der Waals surface area contributed by atoms with E-state index in [0.717, 1.165) is 38.5 Å². The molecular formula is C23H30F2O2. The predicted molar refractivity (Wildman–Crippen MR) is 99.9 cm³/mol. The summed E-state index contributed by atoms with van der Waals surface area (Å²) in [4.78, 5) is 0. The van der Waals surface area contributed by atoms with Gasteiger partial charge in [0.05, 0.1) is 12.0 Å². The molecule has 2 nitrogen and oxygen atoms in total. The standard InChI is InChI=1S/C23H30F2O2/c24-23(25)13-11-20-19-9-8-16-5-1-2-6-17(16)18(19)10-12-22(20,23)15-27-21-7-3-4-14-26-21/h1-2,5-6,18-21H,3-4,7-15H2/t18-,19-,20+,21?,22-/m1/s1. The van der Waals surface area contributed by atoms with Crippen LogP contribution in [0, 0.1) is 17.3 Å². The number of halogens is 2. The van der Waals surface area contributed by atoms with Crippen molar-refractivity contribution < 1.29 is 18.3 Å². The highest BCUT2D eigenvalue weighted by molar-refractivity contribution is 5.35. The second-order valence-electron chi connectivity index (χ2n) is 9.16. The summed E-state index contributed by atoms with van der Waals surface area (Å²) >= 11 is 0. The molecule has 0 aromatic heterocycles. The number of aryl methyl sites for hydroxylation is 1. The molecule has 3 fully saturated rings. The van der Waals surface area contributed by atoms with Gasteiger partial charge in [0.25, 0.3) is 5.92 Å². The lowest BCUT2D eigenvalue weighted by atomic mass is 9.55. The molecule has 0 N–H and O–H groups in total. The Bertz CT molecular complexity index is 685. The molecule has 0 spiro atoms. The van der Waals surface area contributed by atoms with Crippen LogP contribution < -0.4 is 0 Å². The van der Waals surface area contributed by atoms with Crippen LogP contribution in [0.1, 0.15) is 68.4 Å². The summed E-state index contributed by atoms with van der Waals surface area (Å²) in [5.41, 5.74) is 1.87. The summed E-state index contributed by atoms with van der Waals surface area (Å²) in [6.45, 7) is 0.860. The molecule has 3 aliphatic carbocycles. The van der Waals surface area contributed by atoms with Crippen LogP contribution in [0.3, 0.4) is 0 Å². The van der Waals surface area contributed by atoms with Crippen molar-refractivity contribution in [3.63, 3.8) is 0 Å². The van der Waals surface area contributed by atoms with Crippen molar-refractivity contribution in [2.24, 2.45) is 17.3 Å². The van der Waals surface area contributed by atoms with Crippen molar-refractivity contribution in [3.8, 4) is 0 Å². The quantitative estimate of drug-likeness (QED) is 0.673. The van der Waals surface area contributed by atoms with E-state index in [0.29, 0.717) is 31.3 Å². The van der Waals surface area contributed by atoms with Gasteiger partial charge in [0, 0.05) is 13.0 Å². The predicted octanol–water partition coefficient (Wildman–Crippen LogP) is 5.70. The fourth-order valence-corrected chi connectivity index (χ4v) is 6.64. The van der Waals surface area contributed by atoms with Gasteiger partial charge in [0.15, 0.2) is 6.29 Å². The van der Waals surface area contributed by atoms with E-state index in [9.17, 15) is 0 Å². The molecule has 0 amide bonds. The molecule has 4 heteroatoms. The average Bonchev–Trinajstić information content (AvgIpc) is 2.98. The molecule has 0 bridgehead atoms. The maximum Gasteiger partial charge on any atom is 0.256 e. The Kier molecular flexibility index (Phi) is 4.55. The molecule has 2 saturated carbocycles. The molecule has 4 aliphatic rings. The van der Waals surface area contributed by atoms with Crippen LogP contribution in [0.2, 0.25) is 0 Å². The van der Waals surface area contributed by atoms with Gasteiger partial charge in [0.2, 0.25) is 0 Å². The fourth-order valence-electron chi connectivity index (χ4n) is 6.64. The van der Waals surface area contributed by atoms with Crippen LogP contribution in [-0.2, 0) is 15.9 Å². The van der Waals surface area contributed by atoms with Crippen LogP contribution in [0.4, 0.5) is 8.78 Å². The van der Waals surface area contributed by atoms with E-state index in [4.69, 9.17) is 9.47 Å². The Morgan fingerprint density at radius 3 is 2.78 bits per heavy atom. The molecule has 5 rings (SSSR count). The summed E-state index contributed by atoms with van der Waals surface area (Å²) in [5.74, 6) is -1.72. The van der Waals surface area contributed by atoms with Gasteiger partial charge in [-0.1, -0.05) is 24.3 Å². The lowest BCUT2D eigenvalue weighted by Gasteiger charge is -2.52. The zero-order valence-electron chi connectivity index (χ0n) is 16.0. The largest absolute Gasteiger partial charge is 0.353 e. The molecule has 1 saturated heterocycles. The number of alkyl halides is 2. The van der Waals surface area contributed by atoms with E-state index in [-0.39, 0.29) is 25.2 Å². The second-order valence-corrected chi connectivity index (χ2v) is 9.16. The zero-order valence-corrected chi connectivity index (χ0v) is 16.0. The molecule has 0 radical (unpaired) electrons. The molecule has 5 atom stereocenters. The average molecular weight is 376 g/mol. The van der Waals surface area contributed by atoms with Crippen LogP contribution in [0.5, 0.6) is 0 Å². The van der Waals surface area contributed by atoms with E-state index < -0.39 is 11.3 Å². The molecule has 1 aromatic carbocycles. The van der Waals surface area contributed by atoms with E-state index in [1.54, 1.807) is 0 Å². The van der Waals surface area contributed by atoms with Crippen molar-refractivity contribution in [3.05, 3.63) is 35.4 Å². The maximum absolute atomic E-state index is 15.2. The number of hydrogen-bond donors (Lipinski definition) is 0. The summed E-state index contributed by atoms with van der Waals surface area (Å²) in [7, 11) is 0. The third-order valence-corrected chi connectivity index (χ3v) is 8.01. The van der Waals surface area contributed by atoms with Gasteiger partial charge in [-0.25, -0.2) is 8.78 Å². The number of rotatable bonds is 3. The summed E-state index contributed by atoms with van der Waals surface area (Å²) in [6.07, 6.45) is 6.86. The lowest BCUT2D eigenvalue weighted by Crippen LogP contribution is -2.52. The summed E-state index contributed by atoms with van der Waals surface area (Å²) in [6, 6.07) is 8.67. The van der Waals surface area contributed by atoms with E-state index in [2.05, 4.69) is 24.3 Å². The molecule has 148 valence electrons. The van der Waals surface area contributed by atoms with Crippen molar-refractivity contribution in [2.75, 3.05) is 13.2 Å². The van der Waals surface area contributed by atoms with Crippen molar-refractivity contribution in [1.82, 2.24) is 0 Å². The van der Waals surface area contributed by atoms with E-state index >= 15 is 8.78 Å². The first-order valence-corrected chi connectivity index (χ1v) is 10.8. The summed E-state index contributed by atoms with van der Waals surface area (Å²) in [5, 5.41) is 0. The first kappa shape index (κ1) is 18.1. The molecule has 1 aromatic rings. The number of fused-ring (bicyclic) bond motifs is 5. The Morgan fingerprint density at radius 2 is 1.93 bits per heavy atom. The van der Waals surface area contributed by atoms with Crippen LogP contribution >= 0.6 is 0 Å². The molecular weight excluding hydrogens is 346 g/mol. The van der Waals surface area contributed by atoms with Crippen molar-refractivity contribution >= 4 is 0 Å². The highest BCUT2D eigenvalue weighted by Crippen LogP contribution is 2.66. The highest BCUT2D eigenvalue weighted by atomic mass is 19.3. The monoisotopic (exact) mass is 376 g/mol. The lowest BCUT2D eigenvalue weighted by molar-refractivity contribution is -0.227. The third-order valence-electron chi connectivity index (χ3n) is 8.01. The molecule has 1 unspecified atom stereocenters. The topological polar surface area (TPSA) is 18.5 Å². The summed E-state index contributed by atoms with van der Waals surface area (Å²) < 4.78 is 42.1. The Morgan fingerprint density at radius 1 is 1.04 bits per heavy atom. The van der Waals surface area contributed by atoms with Crippen LogP contribution in [0.25, 0.3) is 0 Å². The van der Waals surface area contributed by atoms with Gasteiger partial charge in [-0.05, 0) is 80.2 Å². The van der Waals surface area contributed by atoms with Gasteiger partial charge in [-0.2, -0.15) is 0 Å².